The van der Waals surface area contributed by atoms with Crippen LogP contribution in [0.4, 0.5) is 32.6 Å². The molecule has 1 aromatic carbocycles. The number of hydrogen-bond donors (Lipinski definition) is 4. The number of benzene rings is 1. The Bertz CT molecular complexity index is 1510. The highest BCUT2D eigenvalue weighted by Gasteiger charge is 2.65. The van der Waals surface area contributed by atoms with E-state index in [1.54, 1.807) is 0 Å². The van der Waals surface area contributed by atoms with Gasteiger partial charge in [-0.15, -0.1) is 0 Å². The van der Waals surface area contributed by atoms with Crippen molar-refractivity contribution in [3.05, 3.63) is 46.9 Å². The van der Waals surface area contributed by atoms with Crippen LogP contribution in [0.1, 0.15) is 60.6 Å². The number of aromatic nitrogens is 3. The molecule has 2 fully saturated rings. The second kappa shape index (κ2) is 9.57. The molecule has 40 heavy (non-hydrogen) atoms. The standard InChI is InChI=1S/C25H25F5N6O4/c1-9-15(11-6-7-12(26)16(27)18(11)39-3)19(40-24(9,2)25(28,29)30)22-33-13-8-14(20(31)37)34-21(17(13)35-22)36-23(38)32-10-4-5-10/h6-10,15,19H,4-5H2,1-3H3,(H2,31,37)(H,33,35)(H2,32,34,36,38)/t9-,15-,19+,24+/m0/s1. The molecule has 214 valence electrons. The van der Waals surface area contributed by atoms with E-state index in [2.05, 4.69) is 25.6 Å². The molecule has 2 aromatic heterocycles. The maximum absolute atomic E-state index is 14.7. The van der Waals surface area contributed by atoms with Gasteiger partial charge in [0.15, 0.2) is 23.0 Å². The summed E-state index contributed by atoms with van der Waals surface area (Å²) in [6.07, 6.45) is -4.73. The number of halogens is 5. The number of imidazole rings is 1. The molecule has 0 spiro atoms. The number of carbonyl (C=O) groups excluding carboxylic acids is 2. The normalized spacial score (nSPS) is 24.8. The van der Waals surface area contributed by atoms with E-state index in [9.17, 15) is 31.5 Å². The minimum absolute atomic E-state index is 0.00942. The maximum Gasteiger partial charge on any atom is 0.417 e. The fourth-order valence-corrected chi connectivity index (χ4v) is 4.99. The van der Waals surface area contributed by atoms with Gasteiger partial charge < -0.3 is 25.5 Å². The van der Waals surface area contributed by atoms with Gasteiger partial charge in [0.25, 0.3) is 5.91 Å². The molecule has 5 rings (SSSR count). The Morgan fingerprint density at radius 3 is 2.52 bits per heavy atom. The number of urea groups is 1. The van der Waals surface area contributed by atoms with Crippen LogP contribution < -0.4 is 21.1 Å². The molecule has 4 atom stereocenters. The van der Waals surface area contributed by atoms with Crippen LogP contribution in [0.15, 0.2) is 18.2 Å². The number of rotatable bonds is 6. The fourth-order valence-electron chi connectivity index (χ4n) is 4.99. The molecule has 0 bridgehead atoms. The van der Waals surface area contributed by atoms with Crippen molar-refractivity contribution in [3.8, 4) is 5.75 Å². The molecule has 1 aliphatic carbocycles. The lowest BCUT2D eigenvalue weighted by Crippen LogP contribution is -2.46. The van der Waals surface area contributed by atoms with Crippen molar-refractivity contribution in [2.45, 2.75) is 56.5 Å². The zero-order valence-corrected chi connectivity index (χ0v) is 21.5. The SMILES string of the molecule is COc1c([C@H]2[C@H](c3nc4c(NC(=O)NC5CC5)nc(C(N)=O)cc4[nH]3)O[C@@](C)(C(F)(F)F)[C@H]2C)ccc(F)c1F. The van der Waals surface area contributed by atoms with E-state index < -0.39 is 59.0 Å². The molecule has 1 aliphatic heterocycles. The molecule has 0 radical (unpaired) electrons. The van der Waals surface area contributed by atoms with Crippen LogP contribution in [-0.4, -0.2) is 51.8 Å². The highest BCUT2D eigenvalue weighted by atomic mass is 19.4. The van der Waals surface area contributed by atoms with Crippen LogP contribution in [-0.2, 0) is 4.74 Å². The highest BCUT2D eigenvalue weighted by molar-refractivity contribution is 6.01. The maximum atomic E-state index is 14.7. The Kier molecular flexibility index (Phi) is 6.59. The van der Waals surface area contributed by atoms with Gasteiger partial charge >= 0.3 is 12.2 Å². The number of carbonyl (C=O) groups is 2. The summed E-state index contributed by atoms with van der Waals surface area (Å²) in [5, 5.41) is 5.18. The minimum atomic E-state index is -4.86. The average molecular weight is 569 g/mol. The van der Waals surface area contributed by atoms with Crippen molar-refractivity contribution in [2.75, 3.05) is 12.4 Å². The van der Waals surface area contributed by atoms with Gasteiger partial charge in [-0.1, -0.05) is 13.0 Å². The van der Waals surface area contributed by atoms with Crippen LogP contribution in [0.5, 0.6) is 5.75 Å². The summed E-state index contributed by atoms with van der Waals surface area (Å²) >= 11 is 0. The fraction of sp³-hybridized carbons (Fsp3) is 0.440. The third kappa shape index (κ3) is 4.57. The first-order chi connectivity index (χ1) is 18.7. The number of H-pyrrole nitrogens is 1. The van der Waals surface area contributed by atoms with Gasteiger partial charge in [-0.2, -0.15) is 17.6 Å². The van der Waals surface area contributed by atoms with Crippen molar-refractivity contribution >= 4 is 28.8 Å². The lowest BCUT2D eigenvalue weighted by molar-refractivity contribution is -0.275. The number of nitrogens with zero attached hydrogens (tertiary/aromatic N) is 2. The summed E-state index contributed by atoms with van der Waals surface area (Å²) in [6, 6.07) is 2.53. The second-order valence-corrected chi connectivity index (χ2v) is 10.1. The molecule has 3 aromatic rings. The Hall–Kier alpha value is -4.01. The highest BCUT2D eigenvalue weighted by Crippen LogP contribution is 2.59. The number of primary amides is 1. The smallest absolute Gasteiger partial charge is 0.417 e. The monoisotopic (exact) mass is 568 g/mol. The van der Waals surface area contributed by atoms with Crippen LogP contribution in [0, 0.1) is 17.6 Å². The quantitative estimate of drug-likeness (QED) is 0.324. The molecule has 3 heterocycles. The third-order valence-corrected chi connectivity index (χ3v) is 7.47. The van der Waals surface area contributed by atoms with Gasteiger partial charge in [-0.3, -0.25) is 10.1 Å². The first-order valence-corrected chi connectivity index (χ1v) is 12.3. The number of amides is 3. The van der Waals surface area contributed by atoms with E-state index in [1.165, 1.54) is 13.0 Å². The van der Waals surface area contributed by atoms with Gasteiger partial charge in [0, 0.05) is 23.4 Å². The van der Waals surface area contributed by atoms with Crippen LogP contribution in [0.25, 0.3) is 11.0 Å². The van der Waals surface area contributed by atoms with Crippen molar-refractivity contribution in [2.24, 2.45) is 11.7 Å². The predicted molar refractivity (Wildman–Crippen MR) is 131 cm³/mol. The van der Waals surface area contributed by atoms with Crippen molar-refractivity contribution < 1.29 is 41.0 Å². The first-order valence-electron chi connectivity index (χ1n) is 12.3. The number of hydrogen-bond acceptors (Lipinski definition) is 6. The minimum Gasteiger partial charge on any atom is -0.493 e. The molecular weight excluding hydrogens is 543 g/mol. The van der Waals surface area contributed by atoms with E-state index >= 15 is 0 Å². The summed E-state index contributed by atoms with van der Waals surface area (Å²) in [7, 11) is 1.07. The molecular formula is C25H25F5N6O4. The number of alkyl halides is 3. The zero-order valence-electron chi connectivity index (χ0n) is 21.5. The second-order valence-electron chi connectivity index (χ2n) is 10.1. The topological polar surface area (TPSA) is 144 Å². The van der Waals surface area contributed by atoms with E-state index in [1.807, 2.05) is 0 Å². The van der Waals surface area contributed by atoms with Gasteiger partial charge in [-0.25, -0.2) is 19.2 Å². The summed E-state index contributed by atoms with van der Waals surface area (Å²) in [5.74, 6) is -6.95. The summed E-state index contributed by atoms with van der Waals surface area (Å²) in [6.45, 7) is 2.14. The van der Waals surface area contributed by atoms with E-state index in [0.29, 0.717) is 0 Å². The third-order valence-electron chi connectivity index (χ3n) is 7.47. The molecule has 10 nitrogen and oxygen atoms in total. The van der Waals surface area contributed by atoms with Crippen LogP contribution in [0.3, 0.4) is 0 Å². The average Bonchev–Trinajstić information content (AvgIpc) is 3.50. The number of anilines is 1. The van der Waals surface area contributed by atoms with Crippen molar-refractivity contribution in [1.29, 1.82) is 0 Å². The van der Waals surface area contributed by atoms with Crippen molar-refractivity contribution in [3.63, 3.8) is 0 Å². The van der Waals surface area contributed by atoms with Gasteiger partial charge in [0.1, 0.15) is 23.1 Å². The molecule has 1 saturated carbocycles. The van der Waals surface area contributed by atoms with Crippen molar-refractivity contribution in [1.82, 2.24) is 20.3 Å². The Balaban J connectivity index is 1.65. The van der Waals surface area contributed by atoms with Crippen LogP contribution in [0.2, 0.25) is 0 Å². The largest absolute Gasteiger partial charge is 0.493 e. The molecule has 3 amide bonds. The summed E-state index contributed by atoms with van der Waals surface area (Å²) in [4.78, 5) is 35.6. The number of ether oxygens (including phenoxy) is 2. The molecule has 0 unspecified atom stereocenters. The predicted octanol–water partition coefficient (Wildman–Crippen LogP) is 4.44. The Labute approximate surface area is 223 Å². The lowest BCUT2D eigenvalue weighted by atomic mass is 9.77. The molecule has 15 heteroatoms. The lowest BCUT2D eigenvalue weighted by Gasteiger charge is -2.32. The molecule has 5 N–H and O–H groups in total. The van der Waals surface area contributed by atoms with E-state index in [0.717, 1.165) is 39.0 Å². The Morgan fingerprint density at radius 1 is 1.23 bits per heavy atom. The number of aromatic amines is 1. The number of nitrogens with one attached hydrogen (secondary N) is 3. The summed E-state index contributed by atoms with van der Waals surface area (Å²) < 4.78 is 82.3. The first kappa shape index (κ1) is 27.6. The number of methoxy groups -OCH3 is 1. The number of nitrogens with two attached hydrogens (primary N) is 1. The van der Waals surface area contributed by atoms with Gasteiger partial charge in [0.2, 0.25) is 5.82 Å². The zero-order chi connectivity index (χ0) is 29.1. The van der Waals surface area contributed by atoms with Gasteiger partial charge in [0.05, 0.1) is 12.6 Å². The summed E-state index contributed by atoms with van der Waals surface area (Å²) in [5.41, 5.74) is 2.49. The molecule has 2 aliphatic rings. The number of fused-ring (bicyclic) bond motifs is 1. The number of pyridine rings is 1. The Morgan fingerprint density at radius 2 is 1.93 bits per heavy atom. The van der Waals surface area contributed by atoms with Crippen LogP contribution >= 0.6 is 0 Å². The van der Waals surface area contributed by atoms with E-state index in [4.69, 9.17) is 15.2 Å². The van der Waals surface area contributed by atoms with E-state index in [-0.39, 0.29) is 40.0 Å². The van der Waals surface area contributed by atoms with Gasteiger partial charge in [-0.05, 0) is 31.9 Å². The molecule has 1 saturated heterocycles.